The maximum Gasteiger partial charge on any atom is 0.321 e. The topological polar surface area (TPSA) is 84.6 Å². The summed E-state index contributed by atoms with van der Waals surface area (Å²) in [6.45, 7) is 2.47. The average Bonchev–Trinajstić information content (AvgIpc) is 3.44. The second-order valence-corrected chi connectivity index (χ2v) is 8.90. The number of aryl methyl sites for hydroxylation is 1. The van der Waals surface area contributed by atoms with Crippen molar-refractivity contribution >= 4 is 29.1 Å². The first kappa shape index (κ1) is 19.3. The van der Waals surface area contributed by atoms with Gasteiger partial charge in [-0.25, -0.2) is 4.98 Å². The Bertz CT molecular complexity index is 888. The Labute approximate surface area is 171 Å². The minimum absolute atomic E-state index is 0.142. The molecule has 0 radical (unpaired) electrons. The van der Waals surface area contributed by atoms with Crippen LogP contribution in [0.25, 0.3) is 10.8 Å². The van der Waals surface area contributed by atoms with Crippen LogP contribution in [-0.2, 0) is 16.0 Å². The summed E-state index contributed by atoms with van der Waals surface area (Å²) < 4.78 is 11.6. The lowest BCUT2D eigenvalue weighted by atomic mass is 9.99. The Morgan fingerprint density at radius 3 is 3.07 bits per heavy atom. The number of ether oxygens (including phenoxy) is 1. The van der Waals surface area contributed by atoms with Crippen LogP contribution in [0.2, 0.25) is 0 Å². The first-order valence-electron chi connectivity index (χ1n) is 9.22. The fraction of sp³-hybridized carbons (Fsp3) is 0.400. The monoisotopic (exact) mass is 418 g/mol. The maximum absolute atomic E-state index is 11.1. The molecule has 28 heavy (non-hydrogen) atoms. The molecule has 1 saturated heterocycles. The third-order valence-electron chi connectivity index (χ3n) is 4.83. The van der Waals surface area contributed by atoms with Gasteiger partial charge in [-0.2, -0.15) is 0 Å². The number of allylic oxidation sites excluding steroid dienone is 2. The SMILES string of the molecule is Cc1oc(-c2cccs2)nc1CCOC1=CCC(C2N[C@H](C(=O)O)CS2)C=C1. The van der Waals surface area contributed by atoms with Crippen molar-refractivity contribution < 1.29 is 19.1 Å². The quantitative estimate of drug-likeness (QED) is 0.706. The molecular formula is C20H22N2O4S2. The molecule has 2 aliphatic rings. The van der Waals surface area contributed by atoms with Crippen molar-refractivity contribution in [1.82, 2.24) is 10.3 Å². The molecule has 2 unspecified atom stereocenters. The van der Waals surface area contributed by atoms with Crippen LogP contribution in [0.15, 0.2) is 45.9 Å². The van der Waals surface area contributed by atoms with E-state index in [0.717, 1.165) is 28.5 Å². The molecule has 1 fully saturated rings. The molecule has 0 amide bonds. The summed E-state index contributed by atoms with van der Waals surface area (Å²) in [5.41, 5.74) is 0.924. The summed E-state index contributed by atoms with van der Waals surface area (Å²) in [6, 6.07) is 3.54. The van der Waals surface area contributed by atoms with Crippen LogP contribution < -0.4 is 5.32 Å². The number of aliphatic carboxylic acids is 1. The molecule has 3 atom stereocenters. The molecule has 148 valence electrons. The zero-order chi connectivity index (χ0) is 19.5. The van der Waals surface area contributed by atoms with Gasteiger partial charge in [-0.15, -0.1) is 23.1 Å². The van der Waals surface area contributed by atoms with Crippen molar-refractivity contribution in [3.63, 3.8) is 0 Å². The normalized spacial score (nSPS) is 24.3. The van der Waals surface area contributed by atoms with E-state index in [2.05, 4.69) is 22.5 Å². The number of thioether (sulfide) groups is 1. The number of carboxylic acid groups (broad SMARTS) is 1. The fourth-order valence-corrected chi connectivity index (χ4v) is 5.26. The van der Waals surface area contributed by atoms with E-state index in [4.69, 9.17) is 14.3 Å². The molecule has 2 aromatic heterocycles. The lowest BCUT2D eigenvalue weighted by molar-refractivity contribution is -0.138. The van der Waals surface area contributed by atoms with Crippen molar-refractivity contribution in [2.75, 3.05) is 12.4 Å². The highest BCUT2D eigenvalue weighted by molar-refractivity contribution is 8.00. The number of thiophene rings is 1. The van der Waals surface area contributed by atoms with Crippen molar-refractivity contribution in [3.8, 4) is 10.8 Å². The summed E-state index contributed by atoms with van der Waals surface area (Å²) in [5.74, 6) is 2.48. The highest BCUT2D eigenvalue weighted by Gasteiger charge is 2.33. The summed E-state index contributed by atoms with van der Waals surface area (Å²) in [5, 5.41) is 14.4. The molecule has 4 rings (SSSR count). The van der Waals surface area contributed by atoms with Gasteiger partial charge in [-0.05, 0) is 36.9 Å². The van der Waals surface area contributed by atoms with Gasteiger partial charge in [0.1, 0.15) is 17.6 Å². The molecule has 2 aromatic rings. The van der Waals surface area contributed by atoms with Crippen molar-refractivity contribution in [3.05, 3.63) is 53.0 Å². The van der Waals surface area contributed by atoms with Gasteiger partial charge in [0.2, 0.25) is 5.89 Å². The highest BCUT2D eigenvalue weighted by Crippen LogP contribution is 2.31. The predicted octanol–water partition coefficient (Wildman–Crippen LogP) is 3.85. The summed E-state index contributed by atoms with van der Waals surface area (Å²) in [4.78, 5) is 16.7. The number of rotatable bonds is 7. The number of carbonyl (C=O) groups is 1. The first-order valence-corrected chi connectivity index (χ1v) is 11.1. The molecule has 0 spiro atoms. The Morgan fingerprint density at radius 2 is 2.39 bits per heavy atom. The summed E-state index contributed by atoms with van der Waals surface area (Å²) in [6.07, 6.45) is 7.70. The van der Waals surface area contributed by atoms with E-state index in [1.807, 2.05) is 30.5 Å². The molecule has 8 heteroatoms. The van der Waals surface area contributed by atoms with Gasteiger partial charge in [0, 0.05) is 18.1 Å². The molecule has 0 aromatic carbocycles. The zero-order valence-corrected chi connectivity index (χ0v) is 17.1. The molecule has 0 bridgehead atoms. The largest absolute Gasteiger partial charge is 0.494 e. The van der Waals surface area contributed by atoms with Crippen LogP contribution in [0.1, 0.15) is 17.9 Å². The van der Waals surface area contributed by atoms with E-state index in [-0.39, 0.29) is 11.3 Å². The van der Waals surface area contributed by atoms with E-state index < -0.39 is 12.0 Å². The van der Waals surface area contributed by atoms with E-state index in [0.29, 0.717) is 24.7 Å². The minimum Gasteiger partial charge on any atom is -0.494 e. The Hall–Kier alpha value is -2.03. The van der Waals surface area contributed by atoms with Gasteiger partial charge in [0.25, 0.3) is 0 Å². The maximum atomic E-state index is 11.1. The Kier molecular flexibility index (Phi) is 5.89. The van der Waals surface area contributed by atoms with Gasteiger partial charge in [0.05, 0.1) is 22.6 Å². The standard InChI is InChI=1S/C20H22N2O4S2/c1-12-15(21-18(26-12)17-3-2-10-27-17)8-9-25-14-6-4-13(5-7-14)19-22-16(11-28-19)20(23)24/h2-4,6-7,10,13,16,19,22H,5,8-9,11H2,1H3,(H,23,24)/t13?,16-,19?/m0/s1. The van der Waals surface area contributed by atoms with Crippen LogP contribution in [0, 0.1) is 12.8 Å². The number of nitrogens with one attached hydrogen (secondary N) is 1. The number of aromatic nitrogens is 1. The second-order valence-electron chi connectivity index (χ2n) is 6.77. The third kappa shape index (κ3) is 4.34. The lowest BCUT2D eigenvalue weighted by Gasteiger charge is -2.22. The fourth-order valence-electron chi connectivity index (χ4n) is 3.26. The lowest BCUT2D eigenvalue weighted by Crippen LogP contribution is -2.39. The van der Waals surface area contributed by atoms with Gasteiger partial charge >= 0.3 is 5.97 Å². The number of carboxylic acids is 1. The molecule has 3 heterocycles. The summed E-state index contributed by atoms with van der Waals surface area (Å²) >= 11 is 3.28. The Morgan fingerprint density at radius 1 is 1.50 bits per heavy atom. The molecule has 6 nitrogen and oxygen atoms in total. The van der Waals surface area contributed by atoms with E-state index in [1.54, 1.807) is 23.1 Å². The van der Waals surface area contributed by atoms with Gasteiger partial charge in [-0.3, -0.25) is 10.1 Å². The minimum atomic E-state index is -0.778. The molecule has 2 N–H and O–H groups in total. The second kappa shape index (κ2) is 8.55. The van der Waals surface area contributed by atoms with Crippen LogP contribution in [0.3, 0.4) is 0 Å². The summed E-state index contributed by atoms with van der Waals surface area (Å²) in [7, 11) is 0. The number of oxazole rings is 1. The number of hydrogen-bond acceptors (Lipinski definition) is 7. The van der Waals surface area contributed by atoms with Crippen LogP contribution >= 0.6 is 23.1 Å². The van der Waals surface area contributed by atoms with Crippen LogP contribution in [-0.4, -0.2) is 39.8 Å². The molecule has 1 aliphatic heterocycles. The number of nitrogens with zero attached hydrogens (tertiary/aromatic N) is 1. The third-order valence-corrected chi connectivity index (χ3v) is 7.05. The van der Waals surface area contributed by atoms with Crippen molar-refractivity contribution in [1.29, 1.82) is 0 Å². The van der Waals surface area contributed by atoms with Gasteiger partial charge in [0.15, 0.2) is 0 Å². The van der Waals surface area contributed by atoms with E-state index in [9.17, 15) is 4.79 Å². The predicted molar refractivity (Wildman–Crippen MR) is 110 cm³/mol. The van der Waals surface area contributed by atoms with E-state index >= 15 is 0 Å². The van der Waals surface area contributed by atoms with E-state index in [1.165, 1.54) is 0 Å². The molecule has 0 saturated carbocycles. The van der Waals surface area contributed by atoms with Gasteiger partial charge in [-0.1, -0.05) is 12.1 Å². The van der Waals surface area contributed by atoms with Crippen LogP contribution in [0.4, 0.5) is 0 Å². The van der Waals surface area contributed by atoms with Crippen molar-refractivity contribution in [2.45, 2.75) is 31.2 Å². The first-order chi connectivity index (χ1) is 13.6. The average molecular weight is 419 g/mol. The smallest absolute Gasteiger partial charge is 0.321 e. The van der Waals surface area contributed by atoms with Gasteiger partial charge < -0.3 is 14.3 Å². The highest BCUT2D eigenvalue weighted by atomic mass is 32.2. The Balaban J connectivity index is 1.25. The van der Waals surface area contributed by atoms with Crippen molar-refractivity contribution in [2.24, 2.45) is 5.92 Å². The zero-order valence-electron chi connectivity index (χ0n) is 15.5. The number of hydrogen-bond donors (Lipinski definition) is 2. The molecular weight excluding hydrogens is 396 g/mol. The van der Waals surface area contributed by atoms with Crippen LogP contribution in [0.5, 0.6) is 0 Å². The molecule has 1 aliphatic carbocycles.